The van der Waals surface area contributed by atoms with Crippen LogP contribution >= 0.6 is 23.4 Å². The summed E-state index contributed by atoms with van der Waals surface area (Å²) < 4.78 is 16.8. The largest absolute Gasteiger partial charge is 0.497 e. The number of carbonyl (C=O) groups excluding carboxylic acids is 1. The van der Waals surface area contributed by atoms with Crippen LogP contribution in [0.25, 0.3) is 6.08 Å². The van der Waals surface area contributed by atoms with Crippen LogP contribution in [0.2, 0.25) is 5.02 Å². The van der Waals surface area contributed by atoms with Crippen LogP contribution in [0.15, 0.2) is 46.3 Å². The predicted octanol–water partition coefficient (Wildman–Crippen LogP) is 6.16. The number of amidine groups is 1. The Balaban J connectivity index is 1.94. The van der Waals surface area contributed by atoms with Crippen LogP contribution < -0.4 is 14.2 Å². The molecule has 8 heteroatoms. The third-order valence-electron chi connectivity index (χ3n) is 4.48. The van der Waals surface area contributed by atoms with Crippen molar-refractivity contribution >= 4 is 46.2 Å². The molecule has 2 aromatic rings. The Bertz CT molecular complexity index is 1040. The summed E-state index contributed by atoms with van der Waals surface area (Å²) >= 11 is 7.81. The van der Waals surface area contributed by atoms with Gasteiger partial charge in [0.1, 0.15) is 5.75 Å². The molecule has 32 heavy (non-hydrogen) atoms. The molecule has 6 nitrogen and oxygen atoms in total. The van der Waals surface area contributed by atoms with Crippen molar-refractivity contribution in [1.82, 2.24) is 4.90 Å². The molecule has 1 amide bonds. The highest BCUT2D eigenvalue weighted by Crippen LogP contribution is 2.40. The number of hydrogen-bond acceptors (Lipinski definition) is 6. The third-order valence-corrected chi connectivity index (χ3v) is 5.77. The number of carbonyl (C=O) groups is 1. The zero-order valence-corrected chi connectivity index (χ0v) is 20.4. The van der Waals surface area contributed by atoms with Gasteiger partial charge in [0.05, 0.1) is 35.4 Å². The van der Waals surface area contributed by atoms with Gasteiger partial charge in [-0.2, -0.15) is 0 Å². The molecule has 0 saturated carbocycles. The van der Waals surface area contributed by atoms with Gasteiger partial charge in [0.2, 0.25) is 0 Å². The standard InChI is InChI=1S/C24H27ClN2O4S/c1-6-27-23(28)21(32-24(27)26-17-8-10-18(29-5)11-9-17)14-16-12-19(25)22(31-15(3)4)20(13-16)30-7-2/h8-15H,6-7H2,1-5H3/b21-14+,26-24?. The average molecular weight is 475 g/mol. The fourth-order valence-electron chi connectivity index (χ4n) is 3.07. The number of hydrogen-bond donors (Lipinski definition) is 0. The van der Waals surface area contributed by atoms with Crippen molar-refractivity contribution in [1.29, 1.82) is 0 Å². The maximum Gasteiger partial charge on any atom is 0.266 e. The normalized spacial score (nSPS) is 16.3. The Morgan fingerprint density at radius 2 is 1.91 bits per heavy atom. The van der Waals surface area contributed by atoms with Crippen LogP contribution in [-0.4, -0.2) is 42.3 Å². The molecule has 3 rings (SSSR count). The van der Waals surface area contributed by atoms with Crippen LogP contribution in [0.1, 0.15) is 33.3 Å². The van der Waals surface area contributed by atoms with E-state index in [4.69, 9.17) is 25.8 Å². The van der Waals surface area contributed by atoms with Gasteiger partial charge >= 0.3 is 0 Å². The lowest BCUT2D eigenvalue weighted by atomic mass is 10.1. The number of aliphatic imine (C=N–C) groups is 1. The third kappa shape index (κ3) is 5.58. The summed E-state index contributed by atoms with van der Waals surface area (Å²) in [5.74, 6) is 1.72. The number of benzene rings is 2. The minimum atomic E-state index is -0.0960. The van der Waals surface area contributed by atoms with Gasteiger partial charge in [0.15, 0.2) is 16.7 Å². The lowest BCUT2D eigenvalue weighted by Gasteiger charge is -2.16. The Hall–Kier alpha value is -2.64. The molecule has 0 bridgehead atoms. The molecule has 0 aromatic heterocycles. The minimum absolute atomic E-state index is 0.0438. The molecule has 0 unspecified atom stereocenters. The molecular formula is C24H27ClN2O4S. The van der Waals surface area contributed by atoms with Crippen LogP contribution in [-0.2, 0) is 4.79 Å². The van der Waals surface area contributed by atoms with E-state index in [-0.39, 0.29) is 12.0 Å². The van der Waals surface area contributed by atoms with Gasteiger partial charge in [-0.05, 0) is 87.5 Å². The maximum atomic E-state index is 13.0. The molecule has 1 fully saturated rings. The van der Waals surface area contributed by atoms with Crippen LogP contribution in [0.5, 0.6) is 17.2 Å². The van der Waals surface area contributed by atoms with Crippen molar-refractivity contribution in [2.75, 3.05) is 20.3 Å². The van der Waals surface area contributed by atoms with Crippen molar-refractivity contribution in [3.63, 3.8) is 0 Å². The second-order valence-electron chi connectivity index (χ2n) is 7.18. The zero-order valence-electron chi connectivity index (χ0n) is 18.8. The minimum Gasteiger partial charge on any atom is -0.497 e. The molecule has 2 aromatic carbocycles. The molecule has 1 saturated heterocycles. The van der Waals surface area contributed by atoms with Crippen LogP contribution in [0.4, 0.5) is 5.69 Å². The average Bonchev–Trinajstić information content (AvgIpc) is 3.05. The quantitative estimate of drug-likeness (QED) is 0.429. The Morgan fingerprint density at radius 1 is 1.19 bits per heavy atom. The number of rotatable bonds is 8. The van der Waals surface area contributed by atoms with E-state index in [9.17, 15) is 4.79 Å². The molecule has 170 valence electrons. The molecule has 1 aliphatic heterocycles. The molecule has 1 heterocycles. The summed E-state index contributed by atoms with van der Waals surface area (Å²) in [6.07, 6.45) is 1.76. The molecule has 0 N–H and O–H groups in total. The van der Waals surface area contributed by atoms with Crippen molar-refractivity contribution in [2.24, 2.45) is 4.99 Å². The molecule has 0 spiro atoms. The summed E-state index contributed by atoms with van der Waals surface area (Å²) in [6.45, 7) is 8.67. The molecule has 1 aliphatic rings. The van der Waals surface area contributed by atoms with Crippen molar-refractivity contribution < 1.29 is 19.0 Å². The first-order chi connectivity index (χ1) is 15.4. The van der Waals surface area contributed by atoms with Gasteiger partial charge in [-0.25, -0.2) is 4.99 Å². The van der Waals surface area contributed by atoms with Crippen molar-refractivity contribution in [3.05, 3.63) is 51.9 Å². The highest BCUT2D eigenvalue weighted by Gasteiger charge is 2.32. The number of ether oxygens (including phenoxy) is 3. The van der Waals surface area contributed by atoms with Gasteiger partial charge in [-0.15, -0.1) is 0 Å². The molecule has 0 aliphatic carbocycles. The summed E-state index contributed by atoms with van der Waals surface area (Å²) in [5, 5.41) is 1.07. The predicted molar refractivity (Wildman–Crippen MR) is 131 cm³/mol. The second kappa shape index (κ2) is 10.8. The number of nitrogens with zero attached hydrogens (tertiary/aromatic N) is 2. The second-order valence-corrected chi connectivity index (χ2v) is 8.60. The van der Waals surface area contributed by atoms with E-state index in [2.05, 4.69) is 4.99 Å². The Labute approximate surface area is 198 Å². The van der Waals surface area contributed by atoms with Crippen LogP contribution in [0, 0.1) is 0 Å². The van der Waals surface area contributed by atoms with E-state index in [0.29, 0.717) is 39.7 Å². The lowest BCUT2D eigenvalue weighted by Crippen LogP contribution is -2.28. The topological polar surface area (TPSA) is 60.4 Å². The summed E-state index contributed by atoms with van der Waals surface area (Å²) in [6, 6.07) is 11.0. The van der Waals surface area contributed by atoms with Gasteiger partial charge < -0.3 is 14.2 Å². The number of methoxy groups -OCH3 is 1. The van der Waals surface area contributed by atoms with E-state index in [0.717, 1.165) is 17.0 Å². The first kappa shape index (κ1) is 24.0. The number of likely N-dealkylation sites (N-methyl/N-ethyl adjacent to an activating group) is 1. The Morgan fingerprint density at radius 3 is 2.50 bits per heavy atom. The monoisotopic (exact) mass is 474 g/mol. The highest BCUT2D eigenvalue weighted by atomic mass is 35.5. The maximum absolute atomic E-state index is 13.0. The SMILES string of the molecule is CCOc1cc(/C=C2/SC(=Nc3ccc(OC)cc3)N(CC)C2=O)cc(Cl)c1OC(C)C. The fourth-order valence-corrected chi connectivity index (χ4v) is 4.40. The summed E-state index contributed by atoms with van der Waals surface area (Å²) in [5.41, 5.74) is 1.50. The molecular weight excluding hydrogens is 448 g/mol. The molecule has 0 radical (unpaired) electrons. The van der Waals surface area contributed by atoms with Gasteiger partial charge in [0, 0.05) is 6.54 Å². The number of amides is 1. The molecule has 0 atom stereocenters. The highest BCUT2D eigenvalue weighted by molar-refractivity contribution is 8.18. The summed E-state index contributed by atoms with van der Waals surface area (Å²) in [4.78, 5) is 19.9. The van der Waals surface area contributed by atoms with E-state index >= 15 is 0 Å². The van der Waals surface area contributed by atoms with Crippen molar-refractivity contribution in [2.45, 2.75) is 33.8 Å². The lowest BCUT2D eigenvalue weighted by molar-refractivity contribution is -0.122. The van der Waals surface area contributed by atoms with E-state index in [1.165, 1.54) is 11.8 Å². The smallest absolute Gasteiger partial charge is 0.266 e. The summed E-state index contributed by atoms with van der Waals surface area (Å²) in [7, 11) is 1.62. The Kier molecular flexibility index (Phi) is 8.10. The first-order valence-corrected chi connectivity index (χ1v) is 11.6. The van der Waals surface area contributed by atoms with E-state index < -0.39 is 0 Å². The van der Waals surface area contributed by atoms with Gasteiger partial charge in [-0.3, -0.25) is 9.69 Å². The van der Waals surface area contributed by atoms with E-state index in [1.54, 1.807) is 24.2 Å². The zero-order chi connectivity index (χ0) is 23.3. The number of thioether (sulfide) groups is 1. The first-order valence-electron chi connectivity index (χ1n) is 10.4. The fraction of sp³-hybridized carbons (Fsp3) is 0.333. The van der Waals surface area contributed by atoms with Crippen LogP contribution in [0.3, 0.4) is 0 Å². The van der Waals surface area contributed by atoms with Gasteiger partial charge in [-0.1, -0.05) is 11.6 Å². The van der Waals surface area contributed by atoms with Crippen molar-refractivity contribution in [3.8, 4) is 17.2 Å². The van der Waals surface area contributed by atoms with E-state index in [1.807, 2.05) is 58.0 Å². The van der Waals surface area contributed by atoms with Gasteiger partial charge in [0.25, 0.3) is 5.91 Å². The number of halogens is 1.